The van der Waals surface area contributed by atoms with E-state index in [4.69, 9.17) is 9.22 Å². The van der Waals surface area contributed by atoms with Crippen molar-refractivity contribution in [2.45, 2.75) is 38.5 Å². The Balaban J connectivity index is 5.96. The summed E-state index contributed by atoms with van der Waals surface area (Å²) in [5.41, 5.74) is -2.84. The number of aliphatic carboxylic acids is 1. The lowest BCUT2D eigenvalue weighted by Crippen LogP contribution is -2.63. The van der Waals surface area contributed by atoms with Crippen LogP contribution in [0.1, 0.15) is 30.8 Å². The number of aliphatic hydroxyl groups is 2. The molecular formula is C12H24NO5+. The van der Waals surface area contributed by atoms with Crippen molar-refractivity contribution in [3.05, 3.63) is 0 Å². The summed E-state index contributed by atoms with van der Waals surface area (Å²) < 4.78 is 22.8. The molecule has 0 aromatic carbocycles. The van der Waals surface area contributed by atoms with Gasteiger partial charge in [-0.2, -0.15) is 0 Å². The lowest BCUT2D eigenvalue weighted by Gasteiger charge is -2.39. The van der Waals surface area contributed by atoms with Gasteiger partial charge >= 0.3 is 5.97 Å². The second-order valence-corrected chi connectivity index (χ2v) is 5.44. The molecule has 2 unspecified atom stereocenters. The average Bonchev–Trinajstić information content (AvgIpc) is 2.22. The summed E-state index contributed by atoms with van der Waals surface area (Å²) in [5, 5.41) is 29.5. The lowest BCUT2D eigenvalue weighted by molar-refractivity contribution is -0.925. The zero-order valence-electron chi connectivity index (χ0n) is 14.4. The maximum absolute atomic E-state index is 12.4. The summed E-state index contributed by atoms with van der Waals surface area (Å²) in [7, 11) is 4.27. The van der Waals surface area contributed by atoms with Gasteiger partial charge in [0.15, 0.2) is 5.78 Å². The first-order chi connectivity index (χ1) is 8.98. The van der Waals surface area contributed by atoms with E-state index in [-0.39, 0.29) is 4.48 Å². The Hall–Kier alpha value is -0.980. The predicted octanol–water partition coefficient (Wildman–Crippen LogP) is -0.168. The number of nitrogens with zero attached hydrogens (tertiary/aromatic N) is 1. The molecule has 2 atom stereocenters. The third kappa shape index (κ3) is 4.36. The highest BCUT2D eigenvalue weighted by Crippen LogP contribution is 2.25. The van der Waals surface area contributed by atoms with Gasteiger partial charge in [0.25, 0.3) is 0 Å². The third-order valence-electron chi connectivity index (χ3n) is 2.34. The Morgan fingerprint density at radius 2 is 1.83 bits per heavy atom. The van der Waals surface area contributed by atoms with E-state index in [1.165, 1.54) is 21.1 Å². The van der Waals surface area contributed by atoms with Gasteiger partial charge in [0.05, 0.1) is 27.6 Å². The number of hydrogen-bond acceptors (Lipinski definition) is 4. The zero-order valence-corrected chi connectivity index (χ0v) is 11.4. The Morgan fingerprint density at radius 1 is 1.39 bits per heavy atom. The number of quaternary nitrogens is 1. The van der Waals surface area contributed by atoms with Crippen molar-refractivity contribution in [3.63, 3.8) is 0 Å². The second-order valence-electron chi connectivity index (χ2n) is 5.44. The van der Waals surface area contributed by atoms with Crippen LogP contribution in [0, 0.1) is 5.89 Å². The first kappa shape index (κ1) is 12.1. The zero-order chi connectivity index (χ0) is 17.4. The molecule has 0 saturated heterocycles. The van der Waals surface area contributed by atoms with E-state index in [1.807, 2.05) is 0 Å². The van der Waals surface area contributed by atoms with Crippen LogP contribution >= 0.6 is 0 Å². The minimum Gasteiger partial charge on any atom is -0.481 e. The molecule has 0 aliphatic carbocycles. The highest BCUT2D eigenvalue weighted by Gasteiger charge is 2.51. The molecule has 0 aliphatic rings. The van der Waals surface area contributed by atoms with Crippen LogP contribution in [-0.2, 0) is 9.59 Å². The second kappa shape index (κ2) is 5.77. The number of likely N-dealkylation sites (N-methyl/N-ethyl adjacent to an activating group) is 1. The normalized spacial score (nSPS) is 21.2. The fraction of sp³-hybridized carbons (Fsp3) is 0.833. The van der Waals surface area contributed by atoms with E-state index in [2.05, 4.69) is 0 Å². The van der Waals surface area contributed by atoms with Crippen LogP contribution in [0.3, 0.4) is 0 Å². The fourth-order valence-corrected chi connectivity index (χ4v) is 1.50. The number of carbonyl (C=O) groups is 2. The topological polar surface area (TPSA) is 94.8 Å². The summed E-state index contributed by atoms with van der Waals surface area (Å²) in [6, 6.07) is 0. The first-order valence-corrected chi connectivity index (χ1v) is 5.46. The molecule has 3 N–H and O–H groups in total. The van der Waals surface area contributed by atoms with Crippen molar-refractivity contribution in [2.75, 3.05) is 21.1 Å². The molecule has 0 amide bonds. The van der Waals surface area contributed by atoms with Crippen LogP contribution in [0.4, 0.5) is 0 Å². The van der Waals surface area contributed by atoms with Crippen molar-refractivity contribution in [3.8, 4) is 0 Å². The van der Waals surface area contributed by atoms with E-state index in [0.717, 1.165) is 13.8 Å². The summed E-state index contributed by atoms with van der Waals surface area (Å²) in [6.07, 6.45) is -5.86. The number of Topliss-reactive ketones (excluding diaryl/α,β-unsaturated/α-hetero) is 1. The predicted molar refractivity (Wildman–Crippen MR) is 65.7 cm³/mol. The maximum Gasteiger partial charge on any atom is 0.307 e. The first-order valence-electron chi connectivity index (χ1n) is 6.96. The molecule has 0 saturated carbocycles. The van der Waals surface area contributed by atoms with Crippen molar-refractivity contribution in [1.82, 2.24) is 0 Å². The Morgan fingerprint density at radius 3 is 2.11 bits per heavy atom. The molecule has 6 nitrogen and oxygen atoms in total. The quantitative estimate of drug-likeness (QED) is 0.439. The van der Waals surface area contributed by atoms with Gasteiger partial charge in [-0.25, -0.2) is 0 Å². The summed E-state index contributed by atoms with van der Waals surface area (Å²) >= 11 is 0. The van der Waals surface area contributed by atoms with Crippen molar-refractivity contribution >= 4 is 11.8 Å². The summed E-state index contributed by atoms with van der Waals surface area (Å²) in [5.74, 6) is -4.99. The summed E-state index contributed by atoms with van der Waals surface area (Å²) in [6.45, 7) is 2.26. The van der Waals surface area contributed by atoms with Crippen LogP contribution in [0.15, 0.2) is 0 Å². The van der Waals surface area contributed by atoms with Gasteiger partial charge in [0, 0.05) is 10.5 Å². The monoisotopic (exact) mass is 265 g/mol. The lowest BCUT2D eigenvalue weighted by atomic mass is 9.86. The highest BCUT2D eigenvalue weighted by atomic mass is 16.4. The van der Waals surface area contributed by atoms with E-state index >= 15 is 0 Å². The van der Waals surface area contributed by atoms with Gasteiger partial charge in [0.1, 0.15) is 0 Å². The molecule has 0 bridgehead atoms. The SMILES string of the molecule is [2H]C(C)(C)C([2H])([2H])C(=O)C(O)(CC(=O)O)C(O)[N+](C)(C)C. The van der Waals surface area contributed by atoms with Crippen molar-refractivity contribution < 1.29 is 33.5 Å². The van der Waals surface area contributed by atoms with Crippen LogP contribution < -0.4 is 0 Å². The fourth-order valence-electron chi connectivity index (χ4n) is 1.50. The largest absolute Gasteiger partial charge is 0.481 e. The van der Waals surface area contributed by atoms with Crippen LogP contribution in [0.5, 0.6) is 0 Å². The maximum atomic E-state index is 12.4. The van der Waals surface area contributed by atoms with Gasteiger partial charge in [-0.1, -0.05) is 13.8 Å². The number of carbonyl (C=O) groups excluding carboxylic acids is 1. The molecule has 6 heteroatoms. The molecule has 18 heavy (non-hydrogen) atoms. The summed E-state index contributed by atoms with van der Waals surface area (Å²) in [4.78, 5) is 23.3. The molecule has 0 spiro atoms. The number of rotatable bonds is 7. The number of carboxylic acid groups (broad SMARTS) is 1. The number of carboxylic acids is 1. The van der Waals surface area contributed by atoms with Gasteiger partial charge in [-0.15, -0.1) is 0 Å². The molecule has 0 aromatic heterocycles. The van der Waals surface area contributed by atoms with Gasteiger partial charge < -0.3 is 19.8 Å². The molecule has 0 fully saturated rings. The number of aliphatic hydroxyl groups excluding tert-OH is 1. The van der Waals surface area contributed by atoms with Crippen molar-refractivity contribution in [1.29, 1.82) is 0 Å². The van der Waals surface area contributed by atoms with Crippen molar-refractivity contribution in [2.24, 2.45) is 5.89 Å². The number of hydrogen-bond donors (Lipinski definition) is 3. The minimum absolute atomic E-state index is 0.371. The Labute approximate surface area is 112 Å². The molecule has 0 aromatic rings. The van der Waals surface area contributed by atoms with Crippen LogP contribution in [0.25, 0.3) is 0 Å². The highest BCUT2D eigenvalue weighted by molar-refractivity contribution is 5.91. The smallest absolute Gasteiger partial charge is 0.307 e. The molecule has 0 heterocycles. The van der Waals surface area contributed by atoms with E-state index in [1.54, 1.807) is 0 Å². The van der Waals surface area contributed by atoms with Crippen LogP contribution in [0.2, 0.25) is 0 Å². The minimum atomic E-state index is -2.84. The van der Waals surface area contributed by atoms with Gasteiger partial charge in [-0.3, -0.25) is 9.59 Å². The standard InChI is InChI=1S/C12H23NO5/c1-8(2)6-9(14)12(18,7-10(15)16)11(17)13(3,4)5/h8,11,17-18H,6-7H2,1-5H3/p+1/i6D2,8D. The van der Waals surface area contributed by atoms with Crippen LogP contribution in [-0.4, -0.2) is 64.5 Å². The Kier molecular flexibility index (Phi) is 3.87. The molecule has 0 aliphatic heterocycles. The van der Waals surface area contributed by atoms with E-state index in [0.29, 0.717) is 0 Å². The Bertz CT molecular complexity index is 428. The average molecular weight is 265 g/mol. The number of ketones is 1. The molecule has 0 radical (unpaired) electrons. The third-order valence-corrected chi connectivity index (χ3v) is 2.34. The molecule has 106 valence electrons. The van der Waals surface area contributed by atoms with E-state index in [9.17, 15) is 19.8 Å². The van der Waals surface area contributed by atoms with E-state index < -0.39 is 42.3 Å². The molecular weight excluding hydrogens is 238 g/mol. The molecule has 0 rings (SSSR count). The van der Waals surface area contributed by atoms with Gasteiger partial charge in [-0.05, 0) is 5.89 Å². The van der Waals surface area contributed by atoms with Gasteiger partial charge in [0.2, 0.25) is 11.8 Å².